The summed E-state index contributed by atoms with van der Waals surface area (Å²) < 4.78 is 12.8. The summed E-state index contributed by atoms with van der Waals surface area (Å²) in [5, 5.41) is 13.7. The molecule has 2 N–H and O–H groups in total. The van der Waals surface area contributed by atoms with Gasteiger partial charge in [-0.1, -0.05) is 23.9 Å². The van der Waals surface area contributed by atoms with Crippen LogP contribution in [0.25, 0.3) is 0 Å². The molecule has 1 unspecified atom stereocenters. The van der Waals surface area contributed by atoms with E-state index in [1.165, 1.54) is 19.2 Å². The van der Waals surface area contributed by atoms with E-state index in [2.05, 4.69) is 10.6 Å². The van der Waals surface area contributed by atoms with Crippen LogP contribution in [-0.2, 0) is 16.0 Å². The number of amides is 2. The lowest BCUT2D eigenvalue weighted by atomic mass is 10.1. The van der Waals surface area contributed by atoms with Crippen molar-refractivity contribution in [3.05, 3.63) is 46.2 Å². The van der Waals surface area contributed by atoms with Gasteiger partial charge in [-0.3, -0.25) is 9.59 Å². The van der Waals surface area contributed by atoms with Crippen LogP contribution in [0.3, 0.4) is 0 Å². The average Bonchev–Trinajstić information content (AvgIpc) is 2.83. The molecule has 1 heterocycles. The van der Waals surface area contributed by atoms with E-state index in [9.17, 15) is 14.0 Å². The smallest absolute Gasteiger partial charge is 0.264 e. The van der Waals surface area contributed by atoms with Crippen molar-refractivity contribution in [1.82, 2.24) is 10.6 Å². The van der Waals surface area contributed by atoms with Crippen LogP contribution < -0.4 is 10.6 Å². The molecule has 1 fully saturated rings. The molecule has 0 aliphatic carbocycles. The van der Waals surface area contributed by atoms with Crippen molar-refractivity contribution < 1.29 is 14.0 Å². The van der Waals surface area contributed by atoms with Crippen LogP contribution in [0.2, 0.25) is 0 Å². The van der Waals surface area contributed by atoms with Crippen LogP contribution in [-0.4, -0.2) is 24.1 Å². The third-order valence-electron chi connectivity index (χ3n) is 2.92. The van der Waals surface area contributed by atoms with Crippen LogP contribution in [0.15, 0.2) is 34.9 Å². The van der Waals surface area contributed by atoms with Gasteiger partial charge in [0.05, 0.1) is 10.3 Å². The minimum Gasteiger partial charge on any atom is -0.354 e. The van der Waals surface area contributed by atoms with E-state index in [-0.39, 0.29) is 22.3 Å². The van der Waals surface area contributed by atoms with Crippen molar-refractivity contribution >= 4 is 23.6 Å². The molecule has 1 atom stereocenters. The molecular formula is C14H12FN3O2S. The summed E-state index contributed by atoms with van der Waals surface area (Å²) in [6.45, 7) is 0. The van der Waals surface area contributed by atoms with E-state index in [0.29, 0.717) is 6.42 Å². The highest BCUT2D eigenvalue weighted by atomic mass is 32.2. The quantitative estimate of drug-likeness (QED) is 0.647. The van der Waals surface area contributed by atoms with E-state index in [1.54, 1.807) is 18.2 Å². The zero-order chi connectivity index (χ0) is 15.4. The first-order valence-corrected chi connectivity index (χ1v) is 7.01. The summed E-state index contributed by atoms with van der Waals surface area (Å²) in [6, 6.07) is 7.66. The predicted octanol–water partition coefficient (Wildman–Crippen LogP) is 1.08. The summed E-state index contributed by atoms with van der Waals surface area (Å²) in [5.74, 6) is -1.15. The maximum Gasteiger partial charge on any atom is 0.264 e. The number of rotatable bonds is 3. The monoisotopic (exact) mass is 305 g/mol. The molecule has 2 rings (SSSR count). The predicted molar refractivity (Wildman–Crippen MR) is 76.3 cm³/mol. The van der Waals surface area contributed by atoms with Gasteiger partial charge in [-0.05, 0) is 24.1 Å². The second kappa shape index (κ2) is 6.41. The van der Waals surface area contributed by atoms with Gasteiger partial charge in [-0.15, -0.1) is 0 Å². The summed E-state index contributed by atoms with van der Waals surface area (Å²) in [6.07, 6.45) is 0.396. The topological polar surface area (TPSA) is 82.0 Å². The molecule has 2 amide bonds. The minimum atomic E-state index is -0.539. The SMILES string of the molecule is CNC(=O)C(C#N)=C1NC(=O)C(Cc2ccc(F)cc2)S1. The third kappa shape index (κ3) is 3.41. The molecule has 1 aromatic rings. The lowest BCUT2D eigenvalue weighted by Crippen LogP contribution is -2.26. The number of benzene rings is 1. The number of nitriles is 1. The maximum absolute atomic E-state index is 12.8. The Morgan fingerprint density at radius 2 is 2.14 bits per heavy atom. The molecule has 1 saturated heterocycles. The van der Waals surface area contributed by atoms with Crippen molar-refractivity contribution in [2.75, 3.05) is 7.05 Å². The van der Waals surface area contributed by atoms with Gasteiger partial charge in [0.1, 0.15) is 17.5 Å². The van der Waals surface area contributed by atoms with Crippen molar-refractivity contribution in [3.63, 3.8) is 0 Å². The molecule has 0 saturated carbocycles. The highest BCUT2D eigenvalue weighted by Gasteiger charge is 2.32. The zero-order valence-electron chi connectivity index (χ0n) is 11.1. The normalized spacial score (nSPS) is 19.7. The van der Waals surface area contributed by atoms with E-state index in [0.717, 1.165) is 17.3 Å². The fraction of sp³-hybridized carbons (Fsp3) is 0.214. The Morgan fingerprint density at radius 1 is 1.48 bits per heavy atom. The molecule has 1 aliphatic rings. The van der Waals surface area contributed by atoms with Gasteiger partial charge >= 0.3 is 0 Å². The highest BCUT2D eigenvalue weighted by Crippen LogP contribution is 2.31. The standard InChI is InChI=1S/C14H12FN3O2S/c1-17-12(19)10(7-16)14-18-13(20)11(21-14)6-8-2-4-9(15)5-3-8/h2-5,11H,6H2,1H3,(H,17,19)(H,18,20). The lowest BCUT2D eigenvalue weighted by molar-refractivity contribution is -0.119. The van der Waals surface area contributed by atoms with Gasteiger partial charge in [-0.25, -0.2) is 4.39 Å². The molecule has 0 aromatic heterocycles. The molecule has 1 aliphatic heterocycles. The van der Waals surface area contributed by atoms with E-state index < -0.39 is 11.2 Å². The number of likely N-dealkylation sites (N-methyl/N-ethyl adjacent to an activating group) is 1. The maximum atomic E-state index is 12.8. The highest BCUT2D eigenvalue weighted by molar-refractivity contribution is 8.04. The second-order valence-electron chi connectivity index (χ2n) is 4.32. The van der Waals surface area contributed by atoms with Gasteiger partial charge in [0.2, 0.25) is 5.91 Å². The van der Waals surface area contributed by atoms with Crippen LogP contribution in [0.1, 0.15) is 5.56 Å². The van der Waals surface area contributed by atoms with Gasteiger partial charge in [0, 0.05) is 7.05 Å². The molecule has 1 aromatic carbocycles. The minimum absolute atomic E-state index is 0.113. The Kier molecular flexibility index (Phi) is 4.60. The van der Waals surface area contributed by atoms with Crippen LogP contribution in [0, 0.1) is 17.1 Å². The Labute approximate surface area is 125 Å². The Hall–Kier alpha value is -2.33. The van der Waals surface area contributed by atoms with Gasteiger partial charge in [0.25, 0.3) is 5.91 Å². The summed E-state index contributed by atoms with van der Waals surface area (Å²) in [7, 11) is 1.41. The number of thioether (sulfide) groups is 1. The van der Waals surface area contributed by atoms with Crippen LogP contribution in [0.5, 0.6) is 0 Å². The number of nitrogens with zero attached hydrogens (tertiary/aromatic N) is 1. The third-order valence-corrected chi connectivity index (χ3v) is 4.12. The average molecular weight is 305 g/mol. The number of hydrogen-bond acceptors (Lipinski definition) is 4. The fourth-order valence-corrected chi connectivity index (χ4v) is 2.98. The molecule has 7 heteroatoms. The zero-order valence-corrected chi connectivity index (χ0v) is 12.0. The second-order valence-corrected chi connectivity index (χ2v) is 5.53. The van der Waals surface area contributed by atoms with E-state index >= 15 is 0 Å². The van der Waals surface area contributed by atoms with Gasteiger partial charge in [0.15, 0.2) is 0 Å². The molecule has 108 valence electrons. The fourth-order valence-electron chi connectivity index (χ4n) is 1.84. The lowest BCUT2D eigenvalue weighted by Gasteiger charge is -2.05. The Morgan fingerprint density at radius 3 is 2.71 bits per heavy atom. The molecular weight excluding hydrogens is 293 g/mol. The van der Waals surface area contributed by atoms with Gasteiger partial charge < -0.3 is 10.6 Å². The first-order valence-electron chi connectivity index (χ1n) is 6.13. The van der Waals surface area contributed by atoms with Gasteiger partial charge in [-0.2, -0.15) is 5.26 Å². The summed E-state index contributed by atoms with van der Waals surface area (Å²) >= 11 is 1.14. The molecule has 0 radical (unpaired) electrons. The number of halogens is 1. The number of nitrogens with one attached hydrogen (secondary N) is 2. The van der Waals surface area contributed by atoms with Crippen molar-refractivity contribution in [2.45, 2.75) is 11.7 Å². The Bertz CT molecular complexity index is 649. The number of hydrogen-bond donors (Lipinski definition) is 2. The van der Waals surface area contributed by atoms with E-state index in [1.807, 2.05) is 0 Å². The van der Waals surface area contributed by atoms with Crippen LogP contribution >= 0.6 is 11.8 Å². The summed E-state index contributed by atoms with van der Waals surface area (Å²) in [5.41, 5.74) is 0.696. The number of carbonyl (C=O) groups is 2. The molecule has 5 nitrogen and oxygen atoms in total. The first-order chi connectivity index (χ1) is 10.0. The van der Waals surface area contributed by atoms with Crippen molar-refractivity contribution in [2.24, 2.45) is 0 Å². The molecule has 21 heavy (non-hydrogen) atoms. The largest absolute Gasteiger partial charge is 0.354 e. The number of carbonyl (C=O) groups excluding carboxylic acids is 2. The summed E-state index contributed by atoms with van der Waals surface area (Å²) in [4.78, 5) is 23.4. The van der Waals surface area contributed by atoms with Crippen LogP contribution in [0.4, 0.5) is 4.39 Å². The molecule has 0 spiro atoms. The Balaban J connectivity index is 2.16. The van der Waals surface area contributed by atoms with E-state index in [4.69, 9.17) is 5.26 Å². The van der Waals surface area contributed by atoms with Crippen molar-refractivity contribution in [1.29, 1.82) is 5.26 Å². The first kappa shape index (κ1) is 15.1. The van der Waals surface area contributed by atoms with Crippen molar-refractivity contribution in [3.8, 4) is 6.07 Å². The molecule has 0 bridgehead atoms.